The molecule has 0 radical (unpaired) electrons. The maximum Gasteiger partial charge on any atom is 0.170 e. The van der Waals surface area contributed by atoms with Crippen LogP contribution in [0.5, 0.6) is 0 Å². The molecule has 2 saturated heterocycles. The largest absolute Gasteiger partial charge is 0.381 e. The third kappa shape index (κ3) is 3.26. The number of hydrogen-bond acceptors (Lipinski definition) is 3. The van der Waals surface area contributed by atoms with Gasteiger partial charge in [0, 0.05) is 45.7 Å². The quantitative estimate of drug-likeness (QED) is 0.757. The van der Waals surface area contributed by atoms with Crippen LogP contribution in [-0.4, -0.2) is 49.2 Å². The van der Waals surface area contributed by atoms with E-state index in [1.54, 1.807) is 0 Å². The Bertz CT molecular complexity index is 269. The van der Waals surface area contributed by atoms with Crippen molar-refractivity contribution < 1.29 is 13.9 Å². The molecule has 98 valence electrons. The maximum atomic E-state index is 14.1. The molecule has 0 bridgehead atoms. The van der Waals surface area contributed by atoms with Gasteiger partial charge in [-0.25, -0.2) is 4.39 Å². The average Bonchev–Trinajstić information content (AvgIpc) is 2.33. The summed E-state index contributed by atoms with van der Waals surface area (Å²) in [6.45, 7) is 5.56. The van der Waals surface area contributed by atoms with Gasteiger partial charge in [0.1, 0.15) is 0 Å². The summed E-state index contributed by atoms with van der Waals surface area (Å²) in [5, 5.41) is 0. The van der Waals surface area contributed by atoms with Crippen molar-refractivity contribution in [2.75, 3.05) is 32.8 Å². The molecule has 2 fully saturated rings. The summed E-state index contributed by atoms with van der Waals surface area (Å²) in [7, 11) is 0. The van der Waals surface area contributed by atoms with E-state index in [4.69, 9.17) is 4.74 Å². The monoisotopic (exact) mass is 243 g/mol. The molecule has 17 heavy (non-hydrogen) atoms. The lowest BCUT2D eigenvalue weighted by Gasteiger charge is -2.37. The molecule has 4 heteroatoms. The number of rotatable bonds is 3. The van der Waals surface area contributed by atoms with Crippen LogP contribution in [0.2, 0.25) is 0 Å². The van der Waals surface area contributed by atoms with Crippen LogP contribution in [0.25, 0.3) is 0 Å². The minimum atomic E-state index is -1.55. The number of carbonyl (C=O) groups is 1. The number of piperidine rings is 1. The van der Waals surface area contributed by atoms with Gasteiger partial charge in [0.05, 0.1) is 0 Å². The van der Waals surface area contributed by atoms with E-state index >= 15 is 0 Å². The molecule has 2 heterocycles. The van der Waals surface area contributed by atoms with E-state index < -0.39 is 5.67 Å². The second-order valence-corrected chi connectivity index (χ2v) is 5.38. The van der Waals surface area contributed by atoms with E-state index in [-0.39, 0.29) is 5.78 Å². The van der Waals surface area contributed by atoms with Gasteiger partial charge in [0.25, 0.3) is 0 Å². The molecule has 2 rings (SSSR count). The van der Waals surface area contributed by atoms with Crippen LogP contribution >= 0.6 is 0 Å². The van der Waals surface area contributed by atoms with Gasteiger partial charge in [0.2, 0.25) is 0 Å². The summed E-state index contributed by atoms with van der Waals surface area (Å²) < 4.78 is 19.4. The highest BCUT2D eigenvalue weighted by molar-refractivity contribution is 5.84. The predicted molar refractivity (Wildman–Crippen MR) is 63.7 cm³/mol. The van der Waals surface area contributed by atoms with E-state index in [0.29, 0.717) is 31.8 Å². The Morgan fingerprint density at radius 3 is 2.47 bits per heavy atom. The number of nitrogens with zero attached hydrogens (tertiary/aromatic N) is 1. The van der Waals surface area contributed by atoms with Crippen molar-refractivity contribution >= 4 is 5.78 Å². The zero-order chi connectivity index (χ0) is 12.3. The molecule has 0 aromatic rings. The lowest BCUT2D eigenvalue weighted by Crippen LogP contribution is -2.47. The summed E-state index contributed by atoms with van der Waals surface area (Å²) in [5.41, 5.74) is -1.55. The zero-order valence-electron chi connectivity index (χ0n) is 10.6. The van der Waals surface area contributed by atoms with Crippen molar-refractivity contribution in [1.29, 1.82) is 0 Å². The second kappa shape index (κ2) is 5.44. The Hall–Kier alpha value is -0.480. The Morgan fingerprint density at radius 1 is 1.35 bits per heavy atom. The number of halogens is 1. The smallest absolute Gasteiger partial charge is 0.170 e. The van der Waals surface area contributed by atoms with Crippen LogP contribution in [0.3, 0.4) is 0 Å². The summed E-state index contributed by atoms with van der Waals surface area (Å²) >= 11 is 0. The Labute approximate surface area is 102 Å². The van der Waals surface area contributed by atoms with Gasteiger partial charge in [-0.05, 0) is 25.7 Å². The first-order valence-electron chi connectivity index (χ1n) is 6.60. The van der Waals surface area contributed by atoms with E-state index in [0.717, 1.165) is 32.6 Å². The van der Waals surface area contributed by atoms with Crippen molar-refractivity contribution in [2.24, 2.45) is 5.92 Å². The first-order chi connectivity index (χ1) is 8.10. The lowest BCUT2D eigenvalue weighted by molar-refractivity contribution is -0.131. The van der Waals surface area contributed by atoms with Gasteiger partial charge < -0.3 is 9.64 Å². The number of likely N-dealkylation sites (tertiary alicyclic amines) is 1. The molecule has 0 spiro atoms. The molecule has 0 N–H and O–H groups in total. The lowest BCUT2D eigenvalue weighted by atomic mass is 9.89. The van der Waals surface area contributed by atoms with Crippen molar-refractivity contribution in [3.05, 3.63) is 0 Å². The molecule has 0 aromatic heterocycles. The van der Waals surface area contributed by atoms with E-state index in [1.165, 1.54) is 6.92 Å². The highest BCUT2D eigenvalue weighted by atomic mass is 19.1. The van der Waals surface area contributed by atoms with E-state index in [1.807, 2.05) is 0 Å². The van der Waals surface area contributed by atoms with Gasteiger partial charge in [-0.3, -0.25) is 4.79 Å². The van der Waals surface area contributed by atoms with Gasteiger partial charge in [0.15, 0.2) is 11.5 Å². The molecule has 0 saturated carbocycles. The standard InChI is InChI=1S/C13H22FNO2/c1-11(16)13(14)4-6-15(7-5-13)10-12-2-8-17-9-3-12/h12H,2-10H2,1H3. The Kier molecular flexibility index (Phi) is 4.15. The minimum Gasteiger partial charge on any atom is -0.381 e. The number of Topliss-reactive ketones (excluding diaryl/α,β-unsaturated/α-hetero) is 1. The molecule has 0 atom stereocenters. The first kappa shape index (κ1) is 13.0. The average molecular weight is 243 g/mol. The summed E-state index contributed by atoms with van der Waals surface area (Å²) in [4.78, 5) is 13.5. The summed E-state index contributed by atoms with van der Waals surface area (Å²) in [6, 6.07) is 0. The predicted octanol–water partition coefficient (Wildman–Crippen LogP) is 1.81. The van der Waals surface area contributed by atoms with Crippen molar-refractivity contribution in [3.8, 4) is 0 Å². The topological polar surface area (TPSA) is 29.5 Å². The molecular weight excluding hydrogens is 221 g/mol. The normalized spacial score (nSPS) is 26.9. The molecule has 3 nitrogen and oxygen atoms in total. The zero-order valence-corrected chi connectivity index (χ0v) is 10.6. The SMILES string of the molecule is CC(=O)C1(F)CCN(CC2CCOCC2)CC1. The molecule has 0 aromatic carbocycles. The van der Waals surface area contributed by atoms with Crippen LogP contribution in [0.15, 0.2) is 0 Å². The molecule has 0 aliphatic carbocycles. The van der Waals surface area contributed by atoms with E-state index in [2.05, 4.69) is 4.90 Å². The Morgan fingerprint density at radius 2 is 1.94 bits per heavy atom. The molecule has 2 aliphatic rings. The fourth-order valence-electron chi connectivity index (χ4n) is 2.74. The maximum absolute atomic E-state index is 14.1. The minimum absolute atomic E-state index is 0.303. The highest BCUT2D eigenvalue weighted by Gasteiger charge is 2.39. The first-order valence-corrected chi connectivity index (χ1v) is 6.60. The van der Waals surface area contributed by atoms with Gasteiger partial charge in [-0.1, -0.05) is 0 Å². The van der Waals surface area contributed by atoms with Crippen LogP contribution in [0, 0.1) is 5.92 Å². The fourth-order valence-corrected chi connectivity index (χ4v) is 2.74. The van der Waals surface area contributed by atoms with Gasteiger partial charge in [-0.2, -0.15) is 0 Å². The number of alkyl halides is 1. The molecule has 0 unspecified atom stereocenters. The third-order valence-electron chi connectivity index (χ3n) is 4.14. The van der Waals surface area contributed by atoms with Crippen LogP contribution < -0.4 is 0 Å². The third-order valence-corrected chi connectivity index (χ3v) is 4.14. The number of ketones is 1. The van der Waals surface area contributed by atoms with Gasteiger partial charge >= 0.3 is 0 Å². The second-order valence-electron chi connectivity index (χ2n) is 5.38. The molecule has 0 amide bonds. The Balaban J connectivity index is 1.77. The number of ether oxygens (including phenoxy) is 1. The van der Waals surface area contributed by atoms with Crippen molar-refractivity contribution in [1.82, 2.24) is 4.90 Å². The van der Waals surface area contributed by atoms with E-state index in [9.17, 15) is 9.18 Å². The van der Waals surface area contributed by atoms with Crippen LogP contribution in [-0.2, 0) is 9.53 Å². The number of carbonyl (C=O) groups excluding carboxylic acids is 1. The highest BCUT2D eigenvalue weighted by Crippen LogP contribution is 2.28. The van der Waals surface area contributed by atoms with Crippen LogP contribution in [0.4, 0.5) is 4.39 Å². The molecule has 2 aliphatic heterocycles. The van der Waals surface area contributed by atoms with Crippen molar-refractivity contribution in [3.63, 3.8) is 0 Å². The summed E-state index contributed by atoms with van der Waals surface area (Å²) in [6.07, 6.45) is 2.96. The van der Waals surface area contributed by atoms with Gasteiger partial charge in [-0.15, -0.1) is 0 Å². The molecular formula is C13H22FNO2. The summed E-state index contributed by atoms with van der Waals surface area (Å²) in [5.74, 6) is 0.386. The fraction of sp³-hybridized carbons (Fsp3) is 0.923. The number of hydrogen-bond donors (Lipinski definition) is 0. The van der Waals surface area contributed by atoms with Crippen molar-refractivity contribution in [2.45, 2.75) is 38.3 Å². The van der Waals surface area contributed by atoms with Crippen LogP contribution in [0.1, 0.15) is 32.6 Å².